The molecule has 0 heterocycles. The molecule has 0 spiro atoms. The van der Waals surface area contributed by atoms with Gasteiger partial charge in [0.1, 0.15) is 0 Å². The van der Waals surface area contributed by atoms with Crippen molar-refractivity contribution < 1.29 is 17.9 Å². The number of ether oxygens (including phenoxy) is 1. The first kappa shape index (κ1) is 10.5. The van der Waals surface area contributed by atoms with Crippen LogP contribution in [0.4, 0.5) is 13.2 Å². The Morgan fingerprint density at radius 3 is 2.38 bits per heavy atom. The molecule has 0 unspecified atom stereocenters. The largest absolute Gasteiger partial charge is 0.487 e. The van der Waals surface area contributed by atoms with Crippen molar-refractivity contribution in [2.75, 3.05) is 0 Å². The zero-order valence-corrected chi connectivity index (χ0v) is 7.54. The first-order valence-electron chi connectivity index (χ1n) is 3.09. The Morgan fingerprint density at radius 2 is 1.92 bits per heavy atom. The highest BCUT2D eigenvalue weighted by atomic mass is 35.5. The minimum atomic E-state index is -3.92. The minimum Gasteiger partial charge on any atom is -0.417 e. The van der Waals surface area contributed by atoms with Gasteiger partial charge in [-0.25, -0.2) is 4.39 Å². The summed E-state index contributed by atoms with van der Waals surface area (Å²) in [5, 5.41) is 0.0859. The molecule has 0 fully saturated rings. The predicted molar refractivity (Wildman–Crippen MR) is 42.8 cm³/mol. The van der Waals surface area contributed by atoms with E-state index in [2.05, 4.69) is 16.3 Å². The second-order valence-corrected chi connectivity index (χ2v) is 3.00. The van der Waals surface area contributed by atoms with Gasteiger partial charge in [-0.2, -0.15) is 0 Å². The van der Waals surface area contributed by atoms with Gasteiger partial charge in [-0.15, -0.1) is 8.78 Å². The number of hydrogen-bond donors (Lipinski definition) is 0. The number of benzene rings is 1. The van der Waals surface area contributed by atoms with Crippen LogP contribution in [0, 0.1) is 5.82 Å². The molecule has 1 aromatic rings. The highest BCUT2D eigenvalue weighted by molar-refractivity contribution is 6.30. The lowest BCUT2D eigenvalue weighted by atomic mass is 10.3. The van der Waals surface area contributed by atoms with Gasteiger partial charge in [-0.3, -0.25) is 0 Å². The summed E-state index contributed by atoms with van der Waals surface area (Å²) in [5.41, 5.74) is -3.92. The molecular weight excluding hydrogens is 228 g/mol. The maximum absolute atomic E-state index is 12.8. The quantitative estimate of drug-likeness (QED) is 0.706. The first-order chi connectivity index (χ1) is 5.88. The van der Waals surface area contributed by atoms with Crippen LogP contribution in [0.25, 0.3) is 0 Å². The van der Waals surface area contributed by atoms with E-state index in [4.69, 9.17) is 11.6 Å². The van der Waals surface area contributed by atoms with Crippen molar-refractivity contribution in [1.82, 2.24) is 0 Å². The topological polar surface area (TPSA) is 9.23 Å². The fraction of sp³-hybridized carbons (Fsp3) is 0.143. The molecule has 13 heavy (non-hydrogen) atoms. The van der Waals surface area contributed by atoms with Crippen LogP contribution >= 0.6 is 23.2 Å². The summed E-state index contributed by atoms with van der Waals surface area (Å²) in [7, 11) is 0. The van der Waals surface area contributed by atoms with E-state index in [1.807, 2.05) is 0 Å². The second-order valence-electron chi connectivity index (χ2n) is 2.12. The lowest BCUT2D eigenvalue weighted by Crippen LogP contribution is -2.16. The summed E-state index contributed by atoms with van der Waals surface area (Å²) < 4.78 is 40.6. The minimum absolute atomic E-state index is 0.0859. The Balaban J connectivity index is 2.90. The molecule has 0 radical (unpaired) electrons. The molecule has 1 rings (SSSR count). The van der Waals surface area contributed by atoms with E-state index in [0.717, 1.165) is 12.1 Å². The maximum atomic E-state index is 12.8. The van der Waals surface area contributed by atoms with Crippen LogP contribution in [-0.4, -0.2) is 5.57 Å². The van der Waals surface area contributed by atoms with Crippen LogP contribution in [0.15, 0.2) is 18.2 Å². The van der Waals surface area contributed by atoms with Crippen molar-refractivity contribution >= 4 is 23.2 Å². The number of hydrogen-bond acceptors (Lipinski definition) is 1. The first-order valence-corrected chi connectivity index (χ1v) is 3.85. The monoisotopic (exact) mass is 230 g/mol. The molecular formula is C7H3Cl2F3O. The Labute approximate surface area is 82.0 Å². The SMILES string of the molecule is Fc1cc(Cl)ccc1OC(F)(F)Cl. The molecule has 1 nitrogen and oxygen atoms in total. The maximum Gasteiger partial charge on any atom is 0.487 e. The molecule has 0 N–H and O–H groups in total. The Bertz CT molecular complexity index is 311. The van der Waals surface area contributed by atoms with Crippen LogP contribution in [0.5, 0.6) is 5.75 Å². The van der Waals surface area contributed by atoms with Crippen LogP contribution < -0.4 is 4.74 Å². The van der Waals surface area contributed by atoms with Gasteiger partial charge in [0.25, 0.3) is 0 Å². The van der Waals surface area contributed by atoms with E-state index in [9.17, 15) is 13.2 Å². The van der Waals surface area contributed by atoms with Gasteiger partial charge in [0.2, 0.25) is 0 Å². The van der Waals surface area contributed by atoms with E-state index < -0.39 is 17.1 Å². The third kappa shape index (κ3) is 3.32. The van der Waals surface area contributed by atoms with Gasteiger partial charge in [0.05, 0.1) is 0 Å². The van der Waals surface area contributed by atoms with Gasteiger partial charge in [-0.1, -0.05) is 11.6 Å². The molecule has 0 bridgehead atoms. The molecule has 0 aliphatic rings. The van der Waals surface area contributed by atoms with E-state index >= 15 is 0 Å². The molecule has 0 aliphatic carbocycles. The molecule has 0 aromatic heterocycles. The van der Waals surface area contributed by atoms with Crippen LogP contribution in [0.3, 0.4) is 0 Å². The van der Waals surface area contributed by atoms with Crippen LogP contribution in [-0.2, 0) is 0 Å². The highest BCUT2D eigenvalue weighted by Gasteiger charge is 2.28. The second kappa shape index (κ2) is 3.64. The van der Waals surface area contributed by atoms with Crippen molar-refractivity contribution in [3.05, 3.63) is 29.0 Å². The molecule has 1 aromatic carbocycles. The zero-order chi connectivity index (χ0) is 10.1. The summed E-state index contributed by atoms with van der Waals surface area (Å²) >= 11 is 9.80. The van der Waals surface area contributed by atoms with Gasteiger partial charge < -0.3 is 4.74 Å². The standard InChI is InChI=1S/C7H3Cl2F3O/c8-4-1-2-6(5(10)3-4)13-7(9,11)12/h1-3H. The van der Waals surface area contributed by atoms with Crippen LogP contribution in [0.2, 0.25) is 5.02 Å². The third-order valence-electron chi connectivity index (χ3n) is 1.12. The fourth-order valence-corrected chi connectivity index (χ4v) is 0.925. The molecule has 0 amide bonds. The lowest BCUT2D eigenvalue weighted by Gasteiger charge is -2.10. The van der Waals surface area contributed by atoms with Crippen molar-refractivity contribution in [3.63, 3.8) is 0 Å². The van der Waals surface area contributed by atoms with E-state index in [1.54, 1.807) is 0 Å². The van der Waals surface area contributed by atoms with Gasteiger partial charge in [0.15, 0.2) is 11.6 Å². The summed E-state index contributed by atoms with van der Waals surface area (Å²) in [6, 6.07) is 3.02. The van der Waals surface area contributed by atoms with Crippen molar-refractivity contribution in [1.29, 1.82) is 0 Å². The fourth-order valence-electron chi connectivity index (χ4n) is 0.683. The normalized spacial score (nSPS) is 11.5. The zero-order valence-electron chi connectivity index (χ0n) is 6.03. The average Bonchev–Trinajstić information content (AvgIpc) is 1.93. The van der Waals surface area contributed by atoms with Gasteiger partial charge in [-0.05, 0) is 18.2 Å². The third-order valence-corrected chi connectivity index (χ3v) is 1.43. The van der Waals surface area contributed by atoms with Gasteiger partial charge in [0, 0.05) is 16.6 Å². The molecule has 6 heteroatoms. The van der Waals surface area contributed by atoms with Gasteiger partial charge >= 0.3 is 5.57 Å². The van der Waals surface area contributed by atoms with Crippen molar-refractivity contribution in [2.45, 2.75) is 5.57 Å². The average molecular weight is 231 g/mol. The highest BCUT2D eigenvalue weighted by Crippen LogP contribution is 2.28. The Hall–Kier alpha value is -0.610. The number of rotatable bonds is 2. The van der Waals surface area contributed by atoms with Crippen molar-refractivity contribution in [2.24, 2.45) is 0 Å². The van der Waals surface area contributed by atoms with Crippen LogP contribution in [0.1, 0.15) is 0 Å². The summed E-state index contributed by atoms with van der Waals surface area (Å²) in [6.07, 6.45) is 0. The van der Waals surface area contributed by atoms with E-state index in [0.29, 0.717) is 0 Å². The van der Waals surface area contributed by atoms with E-state index in [1.165, 1.54) is 6.07 Å². The predicted octanol–water partition coefficient (Wildman–Crippen LogP) is 3.65. The summed E-state index contributed by atoms with van der Waals surface area (Å²) in [5.74, 6) is -1.64. The van der Waals surface area contributed by atoms with E-state index in [-0.39, 0.29) is 5.02 Å². The number of alkyl halides is 3. The molecule has 0 saturated carbocycles. The Morgan fingerprint density at radius 1 is 1.31 bits per heavy atom. The summed E-state index contributed by atoms with van der Waals surface area (Å²) in [4.78, 5) is 0. The van der Waals surface area contributed by atoms with Crippen molar-refractivity contribution in [3.8, 4) is 5.75 Å². The molecule has 0 atom stereocenters. The lowest BCUT2D eigenvalue weighted by molar-refractivity contribution is -0.0984. The smallest absolute Gasteiger partial charge is 0.417 e. The molecule has 0 saturated heterocycles. The molecule has 0 aliphatic heterocycles. The number of halogens is 5. The molecule has 72 valence electrons. The Kier molecular flexibility index (Phi) is 2.93. The summed E-state index contributed by atoms with van der Waals surface area (Å²) in [6.45, 7) is 0.